The molecule has 0 bridgehead atoms. The van der Waals surface area contributed by atoms with Crippen molar-refractivity contribution in [2.45, 2.75) is 25.4 Å². The summed E-state index contributed by atoms with van der Waals surface area (Å²) in [6.07, 6.45) is 1.92. The van der Waals surface area contributed by atoms with E-state index in [9.17, 15) is 4.79 Å². The van der Waals surface area contributed by atoms with Crippen LogP contribution in [0.15, 0.2) is 41.8 Å². The van der Waals surface area contributed by atoms with Crippen molar-refractivity contribution in [3.05, 3.63) is 46.8 Å². The van der Waals surface area contributed by atoms with Crippen LogP contribution in [0.3, 0.4) is 0 Å². The summed E-state index contributed by atoms with van der Waals surface area (Å²) < 4.78 is 1.16. The number of likely N-dealkylation sites (tertiary alicyclic amines) is 1. The summed E-state index contributed by atoms with van der Waals surface area (Å²) >= 11 is 3.22. The lowest BCUT2D eigenvalue weighted by molar-refractivity contribution is -0.133. The molecule has 1 amide bonds. The quantitative estimate of drug-likeness (QED) is 0.529. The molecular weight excluding hydrogens is 380 g/mol. The molecule has 0 radical (unpaired) electrons. The Kier molecular flexibility index (Phi) is 4.17. The number of fused-ring (bicyclic) bond motifs is 1. The van der Waals surface area contributed by atoms with Gasteiger partial charge in [0.15, 0.2) is 0 Å². The third kappa shape index (κ3) is 3.13. The molecule has 1 unspecified atom stereocenters. The number of hydrogen-bond acceptors (Lipinski definition) is 7. The topological polar surface area (TPSA) is 76.8 Å². The number of carbonyl (C=O) groups excluding carboxylic acids is 1. The Morgan fingerprint density at radius 2 is 2.15 bits per heavy atom. The maximum Gasteiger partial charge on any atom is 0.246 e. The molecule has 0 N–H and O–H groups in total. The molecule has 0 spiro atoms. The van der Waals surface area contributed by atoms with Crippen LogP contribution in [0, 0.1) is 0 Å². The Labute approximate surface area is 163 Å². The second-order valence-electron chi connectivity index (χ2n) is 6.39. The highest BCUT2D eigenvalue weighted by atomic mass is 32.1. The first-order chi connectivity index (χ1) is 13.3. The summed E-state index contributed by atoms with van der Waals surface area (Å²) in [6, 6.07) is 12.0. The fraction of sp³-hybridized carbons (Fsp3) is 0.278. The van der Waals surface area contributed by atoms with Crippen molar-refractivity contribution >= 4 is 38.8 Å². The highest BCUT2D eigenvalue weighted by Crippen LogP contribution is 2.36. The van der Waals surface area contributed by atoms with Gasteiger partial charge < -0.3 is 4.90 Å². The third-order valence-corrected chi connectivity index (χ3v) is 6.64. The van der Waals surface area contributed by atoms with Crippen LogP contribution < -0.4 is 0 Å². The zero-order chi connectivity index (χ0) is 18.2. The first kappa shape index (κ1) is 16.5. The lowest BCUT2D eigenvalue weighted by Crippen LogP contribution is -2.34. The van der Waals surface area contributed by atoms with Gasteiger partial charge in [0, 0.05) is 6.54 Å². The number of rotatable bonds is 4. The van der Waals surface area contributed by atoms with Crippen molar-refractivity contribution < 1.29 is 4.79 Å². The molecule has 9 heteroatoms. The fourth-order valence-corrected chi connectivity index (χ4v) is 5.14. The second-order valence-corrected chi connectivity index (χ2v) is 8.40. The predicted octanol–water partition coefficient (Wildman–Crippen LogP) is 3.38. The van der Waals surface area contributed by atoms with Crippen LogP contribution in [-0.2, 0) is 11.3 Å². The molecule has 1 aliphatic heterocycles. The summed E-state index contributed by atoms with van der Waals surface area (Å²) in [7, 11) is 0. The molecule has 4 aromatic rings. The number of tetrazole rings is 1. The smallest absolute Gasteiger partial charge is 0.246 e. The number of benzene rings is 1. The van der Waals surface area contributed by atoms with Gasteiger partial charge in [0.25, 0.3) is 0 Å². The molecule has 136 valence electrons. The molecule has 1 atom stereocenters. The van der Waals surface area contributed by atoms with Crippen LogP contribution in [0.25, 0.3) is 20.9 Å². The number of thiazole rings is 1. The fourth-order valence-electron chi connectivity index (χ4n) is 3.38. The van der Waals surface area contributed by atoms with E-state index >= 15 is 0 Å². The minimum absolute atomic E-state index is 0.00638. The van der Waals surface area contributed by atoms with E-state index in [1.54, 1.807) is 22.7 Å². The Balaban J connectivity index is 1.34. The zero-order valence-electron chi connectivity index (χ0n) is 14.4. The molecule has 3 aromatic heterocycles. The van der Waals surface area contributed by atoms with Gasteiger partial charge in [-0.15, -0.1) is 32.9 Å². The first-order valence-corrected chi connectivity index (χ1v) is 10.4. The van der Waals surface area contributed by atoms with Crippen LogP contribution >= 0.6 is 22.7 Å². The van der Waals surface area contributed by atoms with E-state index in [2.05, 4.69) is 21.5 Å². The number of carbonyl (C=O) groups is 1. The van der Waals surface area contributed by atoms with Crippen molar-refractivity contribution in [3.8, 4) is 10.7 Å². The van der Waals surface area contributed by atoms with Gasteiger partial charge in [-0.3, -0.25) is 4.79 Å². The molecule has 4 heterocycles. The lowest BCUT2D eigenvalue weighted by atomic mass is 10.2. The molecule has 1 fully saturated rings. The Morgan fingerprint density at radius 3 is 3.00 bits per heavy atom. The van der Waals surface area contributed by atoms with Gasteiger partial charge in [0.1, 0.15) is 11.6 Å². The van der Waals surface area contributed by atoms with Gasteiger partial charge in [-0.05, 0) is 41.6 Å². The van der Waals surface area contributed by atoms with Gasteiger partial charge in [-0.1, -0.05) is 18.2 Å². The van der Waals surface area contributed by atoms with E-state index in [-0.39, 0.29) is 18.5 Å². The van der Waals surface area contributed by atoms with Gasteiger partial charge >= 0.3 is 0 Å². The molecule has 5 rings (SSSR count). The first-order valence-electron chi connectivity index (χ1n) is 8.74. The van der Waals surface area contributed by atoms with E-state index in [1.165, 1.54) is 4.80 Å². The van der Waals surface area contributed by atoms with Crippen molar-refractivity contribution in [3.63, 3.8) is 0 Å². The van der Waals surface area contributed by atoms with Gasteiger partial charge in [-0.2, -0.15) is 4.80 Å². The molecular formula is C18H16N6OS2. The zero-order valence-corrected chi connectivity index (χ0v) is 16.0. The monoisotopic (exact) mass is 396 g/mol. The van der Waals surface area contributed by atoms with Gasteiger partial charge in [0.05, 0.1) is 21.1 Å². The minimum Gasteiger partial charge on any atom is -0.332 e. The summed E-state index contributed by atoms with van der Waals surface area (Å²) in [6.45, 7) is 0.839. The highest BCUT2D eigenvalue weighted by Gasteiger charge is 2.32. The maximum atomic E-state index is 12.9. The minimum atomic E-state index is 0.00638. The van der Waals surface area contributed by atoms with Crippen molar-refractivity contribution in [1.82, 2.24) is 30.1 Å². The van der Waals surface area contributed by atoms with Crippen LogP contribution in [0.2, 0.25) is 0 Å². The molecule has 1 aromatic carbocycles. The average molecular weight is 397 g/mol. The molecule has 27 heavy (non-hydrogen) atoms. The van der Waals surface area contributed by atoms with Gasteiger partial charge in [-0.25, -0.2) is 4.98 Å². The molecule has 7 nitrogen and oxygen atoms in total. The predicted molar refractivity (Wildman–Crippen MR) is 104 cm³/mol. The van der Waals surface area contributed by atoms with Crippen LogP contribution in [0.4, 0.5) is 0 Å². The van der Waals surface area contributed by atoms with E-state index in [0.29, 0.717) is 5.82 Å². The SMILES string of the molecule is O=C(Cn1nnc(-c2cccs2)n1)N1CCCC1c1nc2ccccc2s1. The Bertz CT molecular complexity index is 1050. The number of amides is 1. The number of thiophene rings is 1. The summed E-state index contributed by atoms with van der Waals surface area (Å²) in [5.41, 5.74) is 0.996. The van der Waals surface area contributed by atoms with Crippen LogP contribution in [0.1, 0.15) is 23.9 Å². The summed E-state index contributed by atoms with van der Waals surface area (Å²) in [5, 5.41) is 15.4. The van der Waals surface area contributed by atoms with Crippen LogP contribution in [-0.4, -0.2) is 42.5 Å². The number of aromatic nitrogens is 5. The normalized spacial score (nSPS) is 17.0. The number of para-hydroxylation sites is 1. The van der Waals surface area contributed by atoms with E-state index in [1.807, 2.05) is 40.6 Å². The lowest BCUT2D eigenvalue weighted by Gasteiger charge is -2.22. The average Bonchev–Trinajstić information content (AvgIpc) is 3.47. The number of nitrogens with zero attached hydrogens (tertiary/aromatic N) is 6. The molecule has 1 aliphatic rings. The standard InChI is InChI=1S/C18H16N6OS2/c25-16(11-24-21-17(20-22-24)15-8-4-10-26-15)23-9-3-6-13(23)18-19-12-5-1-2-7-14(12)27-18/h1-2,4-5,7-8,10,13H,3,6,9,11H2. The maximum absolute atomic E-state index is 12.9. The van der Waals surface area contributed by atoms with E-state index < -0.39 is 0 Å². The van der Waals surface area contributed by atoms with Crippen LogP contribution in [0.5, 0.6) is 0 Å². The van der Waals surface area contributed by atoms with E-state index in [4.69, 9.17) is 4.98 Å². The largest absolute Gasteiger partial charge is 0.332 e. The van der Waals surface area contributed by atoms with Crippen molar-refractivity contribution in [2.75, 3.05) is 6.54 Å². The molecule has 0 aliphatic carbocycles. The molecule has 0 saturated carbocycles. The highest BCUT2D eigenvalue weighted by molar-refractivity contribution is 7.18. The summed E-state index contributed by atoms with van der Waals surface area (Å²) in [5.74, 6) is 0.564. The molecule has 1 saturated heterocycles. The van der Waals surface area contributed by atoms with Crippen molar-refractivity contribution in [1.29, 1.82) is 0 Å². The van der Waals surface area contributed by atoms with Crippen molar-refractivity contribution in [2.24, 2.45) is 0 Å². The Morgan fingerprint density at radius 1 is 1.22 bits per heavy atom. The third-order valence-electron chi connectivity index (χ3n) is 4.64. The van der Waals surface area contributed by atoms with Gasteiger partial charge in [0.2, 0.25) is 11.7 Å². The Hall–Kier alpha value is -2.65. The number of hydrogen-bond donors (Lipinski definition) is 0. The summed E-state index contributed by atoms with van der Waals surface area (Å²) in [4.78, 5) is 21.9. The van der Waals surface area contributed by atoms with E-state index in [0.717, 1.165) is 39.5 Å². The second kappa shape index (κ2) is 6.82.